The molecule has 0 amide bonds. The second-order valence-corrected chi connectivity index (χ2v) is 3.65. The van der Waals surface area contributed by atoms with Crippen molar-refractivity contribution in [3.8, 4) is 5.75 Å². The number of hydrogen-bond acceptors (Lipinski definition) is 3. The van der Waals surface area contributed by atoms with Gasteiger partial charge >= 0.3 is 0 Å². The second kappa shape index (κ2) is 3.13. The fourth-order valence-corrected chi connectivity index (χ4v) is 1.94. The maximum atomic E-state index is 5.77. The molecule has 0 unspecified atom stereocenters. The molecule has 16 heavy (non-hydrogen) atoms. The van der Waals surface area contributed by atoms with Crippen molar-refractivity contribution < 1.29 is 4.74 Å². The number of aromatic nitrogens is 2. The molecule has 4 nitrogen and oxygen atoms in total. The Labute approximate surface area is 92.3 Å². The Morgan fingerprint density at radius 1 is 1.31 bits per heavy atom. The highest BCUT2D eigenvalue weighted by Crippen LogP contribution is 2.26. The summed E-state index contributed by atoms with van der Waals surface area (Å²) in [4.78, 5) is 4.27. The Bertz CT molecular complexity index is 672. The van der Waals surface area contributed by atoms with Crippen molar-refractivity contribution in [2.75, 3.05) is 12.8 Å². The first kappa shape index (κ1) is 9.03. The Balaban J connectivity index is 2.53. The largest absolute Gasteiger partial charge is 0.493 e. The van der Waals surface area contributed by atoms with Crippen LogP contribution in [0.3, 0.4) is 0 Å². The number of anilines is 1. The van der Waals surface area contributed by atoms with Gasteiger partial charge in [0.25, 0.3) is 0 Å². The fourth-order valence-electron chi connectivity index (χ4n) is 1.94. The van der Waals surface area contributed by atoms with Crippen LogP contribution >= 0.6 is 0 Å². The molecular weight excluding hydrogens is 202 g/mol. The third-order valence-electron chi connectivity index (χ3n) is 2.68. The second-order valence-electron chi connectivity index (χ2n) is 3.65. The van der Waals surface area contributed by atoms with Crippen LogP contribution in [0.1, 0.15) is 0 Å². The van der Waals surface area contributed by atoms with E-state index in [0.29, 0.717) is 0 Å². The topological polar surface area (TPSA) is 52.5 Å². The van der Waals surface area contributed by atoms with Crippen molar-refractivity contribution in [1.82, 2.24) is 9.38 Å². The van der Waals surface area contributed by atoms with E-state index >= 15 is 0 Å². The molecule has 0 fully saturated rings. The molecule has 0 radical (unpaired) electrons. The predicted octanol–water partition coefficient (Wildman–Crippen LogP) is 2.08. The third-order valence-corrected chi connectivity index (χ3v) is 2.68. The Morgan fingerprint density at radius 3 is 3.00 bits per heavy atom. The summed E-state index contributed by atoms with van der Waals surface area (Å²) in [7, 11) is 1.64. The van der Waals surface area contributed by atoms with Gasteiger partial charge in [0, 0.05) is 23.5 Å². The summed E-state index contributed by atoms with van der Waals surface area (Å²) in [6, 6.07) is 7.75. The summed E-state index contributed by atoms with van der Waals surface area (Å²) in [5, 5.41) is 1.04. The fraction of sp³-hybridized carbons (Fsp3) is 0.0833. The summed E-state index contributed by atoms with van der Waals surface area (Å²) < 4.78 is 7.30. The van der Waals surface area contributed by atoms with Crippen LogP contribution in [-0.4, -0.2) is 16.5 Å². The molecule has 2 aromatic heterocycles. The van der Waals surface area contributed by atoms with Crippen LogP contribution in [0.4, 0.5) is 5.69 Å². The average Bonchev–Trinajstić information content (AvgIpc) is 2.76. The SMILES string of the molecule is COc1cc2cc(N)ccc2n2ccnc12. The molecule has 0 spiro atoms. The molecule has 3 aromatic rings. The lowest BCUT2D eigenvalue weighted by atomic mass is 10.2. The van der Waals surface area contributed by atoms with E-state index in [9.17, 15) is 0 Å². The quantitative estimate of drug-likeness (QED) is 0.629. The molecule has 0 aliphatic carbocycles. The number of nitrogens with zero attached hydrogens (tertiary/aromatic N) is 2. The van der Waals surface area contributed by atoms with Gasteiger partial charge in [0.15, 0.2) is 11.4 Å². The van der Waals surface area contributed by atoms with Crippen LogP contribution in [0.5, 0.6) is 5.75 Å². The highest BCUT2D eigenvalue weighted by atomic mass is 16.5. The Kier molecular flexibility index (Phi) is 1.77. The van der Waals surface area contributed by atoms with E-state index in [2.05, 4.69) is 4.98 Å². The number of nitrogen functional groups attached to an aromatic ring is 1. The maximum absolute atomic E-state index is 5.77. The van der Waals surface area contributed by atoms with Crippen LogP contribution in [0.2, 0.25) is 0 Å². The summed E-state index contributed by atoms with van der Waals surface area (Å²) in [5.41, 5.74) is 8.40. The number of nitrogens with two attached hydrogens (primary N) is 1. The molecule has 0 saturated carbocycles. The average molecular weight is 213 g/mol. The van der Waals surface area contributed by atoms with Crippen molar-refractivity contribution in [1.29, 1.82) is 0 Å². The lowest BCUT2D eigenvalue weighted by molar-refractivity contribution is 0.418. The summed E-state index contributed by atoms with van der Waals surface area (Å²) in [6.07, 6.45) is 3.67. The molecule has 3 rings (SSSR count). The maximum Gasteiger partial charge on any atom is 0.180 e. The first-order valence-corrected chi connectivity index (χ1v) is 4.99. The van der Waals surface area contributed by atoms with Gasteiger partial charge in [-0.1, -0.05) is 0 Å². The zero-order valence-electron chi connectivity index (χ0n) is 8.84. The lowest BCUT2D eigenvalue weighted by Crippen LogP contribution is -1.93. The van der Waals surface area contributed by atoms with Gasteiger partial charge in [0.05, 0.1) is 12.6 Å². The first-order valence-electron chi connectivity index (χ1n) is 4.99. The molecule has 1 aromatic carbocycles. The molecule has 80 valence electrons. The Morgan fingerprint density at radius 2 is 2.19 bits per heavy atom. The summed E-state index contributed by atoms with van der Waals surface area (Å²) >= 11 is 0. The van der Waals surface area contributed by atoms with E-state index in [1.807, 2.05) is 34.9 Å². The van der Waals surface area contributed by atoms with Crippen LogP contribution in [-0.2, 0) is 0 Å². The zero-order valence-corrected chi connectivity index (χ0v) is 8.84. The van der Waals surface area contributed by atoms with Crippen LogP contribution in [0, 0.1) is 0 Å². The van der Waals surface area contributed by atoms with Crippen LogP contribution in [0.25, 0.3) is 16.6 Å². The number of fused-ring (bicyclic) bond motifs is 3. The normalized spacial score (nSPS) is 11.1. The van der Waals surface area contributed by atoms with Gasteiger partial charge in [-0.3, -0.25) is 4.40 Å². The third kappa shape index (κ3) is 1.13. The van der Waals surface area contributed by atoms with Crippen LogP contribution in [0.15, 0.2) is 36.7 Å². The van der Waals surface area contributed by atoms with E-state index < -0.39 is 0 Å². The van der Waals surface area contributed by atoms with E-state index in [1.54, 1.807) is 13.3 Å². The van der Waals surface area contributed by atoms with E-state index in [0.717, 1.165) is 28.0 Å². The number of ether oxygens (including phenoxy) is 1. The van der Waals surface area contributed by atoms with Gasteiger partial charge in [-0.2, -0.15) is 0 Å². The van der Waals surface area contributed by atoms with Crippen molar-refractivity contribution in [3.63, 3.8) is 0 Å². The van der Waals surface area contributed by atoms with Crippen molar-refractivity contribution in [2.45, 2.75) is 0 Å². The number of benzene rings is 1. The van der Waals surface area contributed by atoms with E-state index in [4.69, 9.17) is 10.5 Å². The smallest absolute Gasteiger partial charge is 0.180 e. The minimum atomic E-state index is 0.744. The van der Waals surface area contributed by atoms with E-state index in [-0.39, 0.29) is 0 Å². The minimum Gasteiger partial charge on any atom is -0.493 e. The highest BCUT2D eigenvalue weighted by molar-refractivity contribution is 5.87. The first-order chi connectivity index (χ1) is 7.79. The van der Waals surface area contributed by atoms with Gasteiger partial charge in [0.1, 0.15) is 0 Å². The standard InChI is InChI=1S/C12H11N3O/c1-16-11-7-8-6-9(13)2-3-10(8)15-5-4-14-12(11)15/h2-7H,13H2,1H3. The number of methoxy groups -OCH3 is 1. The van der Waals surface area contributed by atoms with Gasteiger partial charge in [0.2, 0.25) is 0 Å². The number of hydrogen-bond donors (Lipinski definition) is 1. The van der Waals surface area contributed by atoms with Crippen molar-refractivity contribution >= 4 is 22.2 Å². The summed E-state index contributed by atoms with van der Waals surface area (Å²) in [5.74, 6) is 0.753. The van der Waals surface area contributed by atoms with Gasteiger partial charge < -0.3 is 10.5 Å². The molecular formula is C12H11N3O. The monoisotopic (exact) mass is 213 g/mol. The van der Waals surface area contributed by atoms with Gasteiger partial charge in [-0.05, 0) is 24.3 Å². The number of rotatable bonds is 1. The minimum absolute atomic E-state index is 0.744. The molecule has 2 heterocycles. The predicted molar refractivity (Wildman–Crippen MR) is 63.7 cm³/mol. The highest BCUT2D eigenvalue weighted by Gasteiger charge is 2.07. The molecule has 0 bridgehead atoms. The molecule has 2 N–H and O–H groups in total. The molecule has 0 atom stereocenters. The molecule has 0 aliphatic rings. The van der Waals surface area contributed by atoms with Crippen molar-refractivity contribution in [2.24, 2.45) is 0 Å². The van der Waals surface area contributed by atoms with E-state index in [1.165, 1.54) is 0 Å². The van der Waals surface area contributed by atoms with Crippen LogP contribution < -0.4 is 10.5 Å². The molecule has 0 aliphatic heterocycles. The number of pyridine rings is 1. The zero-order chi connectivity index (χ0) is 11.1. The lowest BCUT2D eigenvalue weighted by Gasteiger charge is -2.07. The summed E-state index contributed by atoms with van der Waals surface area (Å²) in [6.45, 7) is 0. The molecule has 4 heteroatoms. The Hall–Kier alpha value is -2.23. The number of imidazole rings is 1. The van der Waals surface area contributed by atoms with Gasteiger partial charge in [-0.25, -0.2) is 4.98 Å². The van der Waals surface area contributed by atoms with Crippen molar-refractivity contribution in [3.05, 3.63) is 36.7 Å². The van der Waals surface area contributed by atoms with Gasteiger partial charge in [-0.15, -0.1) is 0 Å². The molecule has 0 saturated heterocycles.